The third-order valence-corrected chi connectivity index (χ3v) is 3.80. The predicted octanol–water partition coefficient (Wildman–Crippen LogP) is 3.33. The lowest BCUT2D eigenvalue weighted by Crippen LogP contribution is -2.37. The number of aryl methyl sites for hydroxylation is 2. The summed E-state index contributed by atoms with van der Waals surface area (Å²) in [7, 11) is 1.93. The van der Waals surface area contributed by atoms with E-state index in [0.29, 0.717) is 6.61 Å². The Morgan fingerprint density at radius 1 is 1.14 bits per heavy atom. The van der Waals surface area contributed by atoms with Gasteiger partial charge in [0.25, 0.3) is 0 Å². The van der Waals surface area contributed by atoms with Gasteiger partial charge in [0.15, 0.2) is 11.5 Å². The Morgan fingerprint density at radius 2 is 2.00 bits per heavy atom. The van der Waals surface area contributed by atoms with Crippen molar-refractivity contribution in [2.75, 3.05) is 20.2 Å². The summed E-state index contributed by atoms with van der Waals surface area (Å²) in [5.41, 5.74) is 4.81. The van der Waals surface area contributed by atoms with Crippen LogP contribution in [-0.4, -0.2) is 26.3 Å². The molecule has 0 saturated heterocycles. The lowest BCUT2D eigenvalue weighted by atomic mass is 9.97. The minimum atomic E-state index is 0.0498. The van der Waals surface area contributed by atoms with Gasteiger partial charge in [-0.3, -0.25) is 0 Å². The summed E-state index contributed by atoms with van der Waals surface area (Å²) in [6, 6.07) is 12.6. The molecule has 3 heteroatoms. The summed E-state index contributed by atoms with van der Waals surface area (Å²) in [6.45, 7) is 5.60. The van der Waals surface area contributed by atoms with Gasteiger partial charge in [0.1, 0.15) is 12.7 Å². The Bertz CT molecular complexity index is 652. The molecule has 1 heterocycles. The van der Waals surface area contributed by atoms with Gasteiger partial charge in [-0.1, -0.05) is 35.9 Å². The molecule has 110 valence electrons. The summed E-state index contributed by atoms with van der Waals surface area (Å²) in [5.74, 6) is 1.69. The van der Waals surface area contributed by atoms with Crippen LogP contribution in [0.25, 0.3) is 11.1 Å². The van der Waals surface area contributed by atoms with Crippen LogP contribution in [0.5, 0.6) is 11.5 Å². The maximum absolute atomic E-state index is 6.17. The molecule has 0 bridgehead atoms. The van der Waals surface area contributed by atoms with Gasteiger partial charge >= 0.3 is 0 Å². The first kappa shape index (κ1) is 14.0. The van der Waals surface area contributed by atoms with E-state index in [1.165, 1.54) is 16.7 Å². The van der Waals surface area contributed by atoms with Crippen molar-refractivity contribution in [3.05, 3.63) is 47.5 Å². The van der Waals surface area contributed by atoms with E-state index in [9.17, 15) is 0 Å². The van der Waals surface area contributed by atoms with Crippen LogP contribution in [0.4, 0.5) is 0 Å². The van der Waals surface area contributed by atoms with Crippen LogP contribution < -0.4 is 14.8 Å². The Balaban J connectivity index is 2.06. The van der Waals surface area contributed by atoms with Crippen LogP contribution in [0.2, 0.25) is 0 Å². The van der Waals surface area contributed by atoms with E-state index in [0.717, 1.165) is 23.6 Å². The van der Waals surface area contributed by atoms with Crippen LogP contribution in [0, 0.1) is 13.8 Å². The highest BCUT2D eigenvalue weighted by Crippen LogP contribution is 2.42. The summed E-state index contributed by atoms with van der Waals surface area (Å²) in [6.07, 6.45) is 0.0498. The third-order valence-electron chi connectivity index (χ3n) is 3.80. The fourth-order valence-corrected chi connectivity index (χ4v) is 2.70. The third kappa shape index (κ3) is 2.74. The minimum absolute atomic E-state index is 0.0498. The van der Waals surface area contributed by atoms with E-state index < -0.39 is 0 Å². The lowest BCUT2D eigenvalue weighted by molar-refractivity contribution is 0.0926. The molecule has 1 atom stereocenters. The smallest absolute Gasteiger partial charge is 0.169 e. The van der Waals surface area contributed by atoms with Gasteiger partial charge in [0.05, 0.1) is 0 Å². The summed E-state index contributed by atoms with van der Waals surface area (Å²) in [5, 5.41) is 3.14. The second kappa shape index (κ2) is 5.78. The van der Waals surface area contributed by atoms with Crippen molar-refractivity contribution in [3.63, 3.8) is 0 Å². The number of fused-ring (bicyclic) bond motifs is 1. The van der Waals surface area contributed by atoms with Crippen molar-refractivity contribution in [2.24, 2.45) is 0 Å². The van der Waals surface area contributed by atoms with Gasteiger partial charge < -0.3 is 14.8 Å². The molecule has 21 heavy (non-hydrogen) atoms. The van der Waals surface area contributed by atoms with Crippen molar-refractivity contribution in [1.29, 1.82) is 0 Å². The number of hydrogen-bond donors (Lipinski definition) is 1. The summed E-state index contributed by atoms with van der Waals surface area (Å²) < 4.78 is 12.0. The largest absolute Gasteiger partial charge is 0.486 e. The number of para-hydroxylation sites is 1. The summed E-state index contributed by atoms with van der Waals surface area (Å²) >= 11 is 0. The summed E-state index contributed by atoms with van der Waals surface area (Å²) in [4.78, 5) is 0. The Labute approximate surface area is 125 Å². The molecule has 0 fully saturated rings. The molecule has 2 aromatic carbocycles. The molecule has 0 aromatic heterocycles. The van der Waals surface area contributed by atoms with E-state index in [1.807, 2.05) is 19.2 Å². The Morgan fingerprint density at radius 3 is 2.81 bits per heavy atom. The van der Waals surface area contributed by atoms with Crippen molar-refractivity contribution >= 4 is 0 Å². The quantitative estimate of drug-likeness (QED) is 0.937. The average molecular weight is 283 g/mol. The van der Waals surface area contributed by atoms with Crippen molar-refractivity contribution in [2.45, 2.75) is 20.0 Å². The predicted molar refractivity (Wildman–Crippen MR) is 85.2 cm³/mol. The van der Waals surface area contributed by atoms with E-state index in [-0.39, 0.29) is 6.10 Å². The fourth-order valence-electron chi connectivity index (χ4n) is 2.70. The van der Waals surface area contributed by atoms with Gasteiger partial charge in [0.2, 0.25) is 0 Å². The van der Waals surface area contributed by atoms with Gasteiger partial charge in [-0.05, 0) is 38.1 Å². The second-order valence-corrected chi connectivity index (χ2v) is 5.56. The number of ether oxygens (including phenoxy) is 2. The monoisotopic (exact) mass is 283 g/mol. The average Bonchev–Trinajstić information content (AvgIpc) is 2.49. The molecular weight excluding hydrogens is 262 g/mol. The highest BCUT2D eigenvalue weighted by Gasteiger charge is 2.24. The van der Waals surface area contributed by atoms with E-state index in [2.05, 4.69) is 43.4 Å². The fraction of sp³-hybridized carbons (Fsp3) is 0.333. The van der Waals surface area contributed by atoms with Crippen LogP contribution >= 0.6 is 0 Å². The second-order valence-electron chi connectivity index (χ2n) is 5.56. The van der Waals surface area contributed by atoms with Gasteiger partial charge in [-0.25, -0.2) is 0 Å². The number of rotatable bonds is 3. The molecule has 0 radical (unpaired) electrons. The highest BCUT2D eigenvalue weighted by atomic mass is 16.6. The maximum Gasteiger partial charge on any atom is 0.169 e. The van der Waals surface area contributed by atoms with E-state index >= 15 is 0 Å². The molecule has 0 aliphatic carbocycles. The van der Waals surface area contributed by atoms with Crippen LogP contribution in [-0.2, 0) is 0 Å². The normalized spacial score (nSPS) is 16.8. The zero-order valence-electron chi connectivity index (χ0n) is 12.8. The van der Waals surface area contributed by atoms with E-state index in [4.69, 9.17) is 9.47 Å². The SMILES string of the molecule is CNCC1COc2cccc(-c3cc(C)ccc3C)c2O1. The molecule has 0 spiro atoms. The van der Waals surface area contributed by atoms with E-state index in [1.54, 1.807) is 0 Å². The van der Waals surface area contributed by atoms with Crippen LogP contribution in [0.3, 0.4) is 0 Å². The lowest BCUT2D eigenvalue weighted by Gasteiger charge is -2.28. The topological polar surface area (TPSA) is 30.5 Å². The molecule has 0 amide bonds. The first-order chi connectivity index (χ1) is 10.2. The molecule has 1 aliphatic rings. The number of likely N-dealkylation sites (N-methyl/N-ethyl adjacent to an activating group) is 1. The van der Waals surface area contributed by atoms with Crippen LogP contribution in [0.1, 0.15) is 11.1 Å². The zero-order valence-corrected chi connectivity index (χ0v) is 12.8. The zero-order chi connectivity index (χ0) is 14.8. The molecule has 3 nitrogen and oxygen atoms in total. The Hall–Kier alpha value is -2.00. The number of hydrogen-bond acceptors (Lipinski definition) is 3. The van der Waals surface area contributed by atoms with Crippen LogP contribution in [0.15, 0.2) is 36.4 Å². The van der Waals surface area contributed by atoms with Gasteiger partial charge in [-0.2, -0.15) is 0 Å². The molecule has 3 rings (SSSR count). The standard InChI is InChI=1S/C18H21NO2/c1-12-7-8-13(2)16(9-12)15-5-4-6-17-18(15)21-14(10-19-3)11-20-17/h4-9,14,19H,10-11H2,1-3H3. The number of nitrogens with one attached hydrogen (secondary N) is 1. The minimum Gasteiger partial charge on any atom is -0.486 e. The molecule has 1 N–H and O–H groups in total. The first-order valence-electron chi connectivity index (χ1n) is 7.33. The van der Waals surface area contributed by atoms with Crippen molar-refractivity contribution < 1.29 is 9.47 Å². The van der Waals surface area contributed by atoms with Gasteiger partial charge in [0, 0.05) is 12.1 Å². The maximum atomic E-state index is 6.17. The highest BCUT2D eigenvalue weighted by molar-refractivity contribution is 5.76. The molecule has 1 aliphatic heterocycles. The first-order valence-corrected chi connectivity index (χ1v) is 7.33. The van der Waals surface area contributed by atoms with Gasteiger partial charge in [-0.15, -0.1) is 0 Å². The molecule has 2 aromatic rings. The van der Waals surface area contributed by atoms with Crippen molar-refractivity contribution in [3.8, 4) is 22.6 Å². The van der Waals surface area contributed by atoms with Crippen molar-refractivity contribution in [1.82, 2.24) is 5.32 Å². The Kier molecular flexibility index (Phi) is 3.84. The molecule has 1 unspecified atom stereocenters. The molecular formula is C18H21NO2. The number of benzene rings is 2. The molecule has 0 saturated carbocycles.